The molecule has 0 aliphatic rings. The quantitative estimate of drug-likeness (QED) is 0.269. The number of hydrogen-bond acceptors (Lipinski definition) is 7. The molecular formula is C24H30N2O5S2. The fourth-order valence-corrected chi connectivity index (χ4v) is 5.33. The Kier molecular flexibility index (Phi) is 9.65. The Balaban J connectivity index is 1.76. The Morgan fingerprint density at radius 1 is 1.03 bits per heavy atom. The largest absolute Gasteiger partial charge is 0.497 e. The van der Waals surface area contributed by atoms with Gasteiger partial charge < -0.3 is 23.5 Å². The predicted octanol–water partition coefficient (Wildman–Crippen LogP) is 4.76. The Morgan fingerprint density at radius 2 is 1.76 bits per heavy atom. The lowest BCUT2D eigenvalue weighted by molar-refractivity contribution is -0.118. The molecule has 178 valence electrons. The molecule has 0 aliphatic heterocycles. The van der Waals surface area contributed by atoms with E-state index in [0.717, 1.165) is 38.8 Å². The number of thiazole rings is 1. The standard InChI is InChI=1S/C24H30N2O5S2/c1-5-31-15-14-26-22-19(29-3)12-13-20(30-4)23(22)33-24(26)25-21(27)7-6-16-32-18-10-8-17(28-2)9-11-18/h8-13H,5-7,14-16H2,1-4H3. The normalized spacial score (nSPS) is 11.7. The fourth-order valence-electron chi connectivity index (χ4n) is 3.30. The van der Waals surface area contributed by atoms with E-state index in [-0.39, 0.29) is 5.91 Å². The highest BCUT2D eigenvalue weighted by molar-refractivity contribution is 7.99. The van der Waals surface area contributed by atoms with E-state index in [1.54, 1.807) is 33.1 Å². The molecule has 0 bridgehead atoms. The van der Waals surface area contributed by atoms with Gasteiger partial charge in [-0.2, -0.15) is 4.99 Å². The van der Waals surface area contributed by atoms with Crippen LogP contribution in [0.25, 0.3) is 10.2 Å². The molecule has 0 spiro atoms. The summed E-state index contributed by atoms with van der Waals surface area (Å²) in [6.07, 6.45) is 1.13. The van der Waals surface area contributed by atoms with Crippen molar-refractivity contribution in [3.8, 4) is 17.2 Å². The highest BCUT2D eigenvalue weighted by Crippen LogP contribution is 2.35. The summed E-state index contributed by atoms with van der Waals surface area (Å²) < 4.78 is 24.7. The molecule has 0 saturated carbocycles. The van der Waals surface area contributed by atoms with Crippen molar-refractivity contribution >= 4 is 39.2 Å². The number of hydrogen-bond donors (Lipinski definition) is 0. The number of nitrogens with zero attached hydrogens (tertiary/aromatic N) is 2. The number of amides is 1. The number of rotatable bonds is 12. The van der Waals surface area contributed by atoms with Crippen LogP contribution in [0.5, 0.6) is 17.2 Å². The SMILES string of the molecule is CCOCCn1c(=NC(=O)CCCSc2ccc(OC)cc2)sc2c(OC)ccc(OC)c21. The van der Waals surface area contributed by atoms with Gasteiger partial charge in [-0.15, -0.1) is 11.8 Å². The van der Waals surface area contributed by atoms with Gasteiger partial charge in [0, 0.05) is 24.5 Å². The zero-order valence-corrected chi connectivity index (χ0v) is 21.1. The fraction of sp³-hybridized carbons (Fsp3) is 0.417. The number of fused-ring (bicyclic) bond motifs is 1. The van der Waals surface area contributed by atoms with Crippen LogP contribution in [0.4, 0.5) is 0 Å². The number of benzene rings is 2. The van der Waals surface area contributed by atoms with Gasteiger partial charge in [-0.05, 0) is 55.5 Å². The maximum Gasteiger partial charge on any atom is 0.248 e. The van der Waals surface area contributed by atoms with E-state index in [1.165, 1.54) is 11.3 Å². The lowest BCUT2D eigenvalue weighted by Gasteiger charge is -2.10. The van der Waals surface area contributed by atoms with E-state index in [2.05, 4.69) is 4.99 Å². The van der Waals surface area contributed by atoms with Gasteiger partial charge in [0.25, 0.3) is 0 Å². The molecule has 0 unspecified atom stereocenters. The minimum Gasteiger partial charge on any atom is -0.497 e. The minimum absolute atomic E-state index is 0.139. The lowest BCUT2D eigenvalue weighted by Crippen LogP contribution is -2.20. The molecule has 0 atom stereocenters. The van der Waals surface area contributed by atoms with E-state index in [4.69, 9.17) is 18.9 Å². The van der Waals surface area contributed by atoms with Gasteiger partial charge in [0.15, 0.2) is 4.80 Å². The Morgan fingerprint density at radius 3 is 2.42 bits per heavy atom. The van der Waals surface area contributed by atoms with Crippen LogP contribution in [0.3, 0.4) is 0 Å². The average molecular weight is 491 g/mol. The zero-order valence-electron chi connectivity index (χ0n) is 19.5. The Bertz CT molecular complexity index is 1120. The second-order valence-electron chi connectivity index (χ2n) is 7.01. The predicted molar refractivity (Wildman–Crippen MR) is 133 cm³/mol. The summed E-state index contributed by atoms with van der Waals surface area (Å²) in [6.45, 7) is 3.67. The zero-order chi connectivity index (χ0) is 23.6. The molecule has 0 N–H and O–H groups in total. The van der Waals surface area contributed by atoms with E-state index < -0.39 is 0 Å². The highest BCUT2D eigenvalue weighted by Gasteiger charge is 2.16. The second kappa shape index (κ2) is 12.7. The van der Waals surface area contributed by atoms with Gasteiger partial charge in [-0.3, -0.25) is 4.79 Å². The van der Waals surface area contributed by atoms with Crippen LogP contribution < -0.4 is 19.0 Å². The lowest BCUT2D eigenvalue weighted by atomic mass is 10.3. The van der Waals surface area contributed by atoms with Crippen LogP contribution in [0.2, 0.25) is 0 Å². The maximum absolute atomic E-state index is 12.7. The van der Waals surface area contributed by atoms with Crippen molar-refractivity contribution in [2.24, 2.45) is 4.99 Å². The molecule has 1 heterocycles. The first-order valence-corrected chi connectivity index (χ1v) is 12.6. The molecule has 7 nitrogen and oxygen atoms in total. The van der Waals surface area contributed by atoms with Crippen molar-refractivity contribution in [2.45, 2.75) is 31.2 Å². The number of aromatic nitrogens is 1. The van der Waals surface area contributed by atoms with Gasteiger partial charge in [0.05, 0.1) is 27.9 Å². The van der Waals surface area contributed by atoms with Gasteiger partial charge in [0.1, 0.15) is 27.5 Å². The van der Waals surface area contributed by atoms with Crippen molar-refractivity contribution in [1.82, 2.24) is 4.57 Å². The van der Waals surface area contributed by atoms with E-state index in [0.29, 0.717) is 36.7 Å². The summed E-state index contributed by atoms with van der Waals surface area (Å²) in [5, 5.41) is 0. The third-order valence-electron chi connectivity index (χ3n) is 4.94. The Hall–Kier alpha value is -2.49. The second-order valence-corrected chi connectivity index (χ2v) is 9.16. The third kappa shape index (κ3) is 6.52. The molecule has 0 aliphatic carbocycles. The molecule has 3 rings (SSSR count). The first-order chi connectivity index (χ1) is 16.1. The third-order valence-corrected chi connectivity index (χ3v) is 7.13. The van der Waals surface area contributed by atoms with Crippen LogP contribution in [0.1, 0.15) is 19.8 Å². The van der Waals surface area contributed by atoms with Crippen molar-refractivity contribution in [3.63, 3.8) is 0 Å². The summed E-state index contributed by atoms with van der Waals surface area (Å²) in [7, 11) is 4.92. The smallest absolute Gasteiger partial charge is 0.248 e. The molecule has 0 radical (unpaired) electrons. The van der Waals surface area contributed by atoms with E-state index in [9.17, 15) is 4.79 Å². The number of carbonyl (C=O) groups is 1. The van der Waals surface area contributed by atoms with Crippen LogP contribution in [-0.2, 0) is 16.1 Å². The Labute approximate surface area is 202 Å². The van der Waals surface area contributed by atoms with Crippen LogP contribution in [0.15, 0.2) is 46.3 Å². The molecule has 1 amide bonds. The molecular weight excluding hydrogens is 460 g/mol. The molecule has 1 aromatic heterocycles. The summed E-state index contributed by atoms with van der Waals surface area (Å²) in [6, 6.07) is 11.7. The van der Waals surface area contributed by atoms with Gasteiger partial charge in [0.2, 0.25) is 5.91 Å². The summed E-state index contributed by atoms with van der Waals surface area (Å²) in [4.78, 5) is 18.9. The first kappa shape index (κ1) is 25.1. The van der Waals surface area contributed by atoms with E-state index in [1.807, 2.05) is 47.9 Å². The molecule has 0 saturated heterocycles. The number of methoxy groups -OCH3 is 3. The number of ether oxygens (including phenoxy) is 4. The van der Waals surface area contributed by atoms with Crippen molar-refractivity contribution in [3.05, 3.63) is 41.2 Å². The van der Waals surface area contributed by atoms with Gasteiger partial charge in [-0.1, -0.05) is 11.3 Å². The molecule has 2 aromatic carbocycles. The van der Waals surface area contributed by atoms with Crippen molar-refractivity contribution < 1.29 is 23.7 Å². The molecule has 0 fully saturated rings. The molecule has 9 heteroatoms. The van der Waals surface area contributed by atoms with Crippen LogP contribution in [-0.4, -0.2) is 50.8 Å². The number of carbonyl (C=O) groups excluding carboxylic acids is 1. The van der Waals surface area contributed by atoms with Crippen molar-refractivity contribution in [1.29, 1.82) is 0 Å². The summed E-state index contributed by atoms with van der Waals surface area (Å²) in [5.41, 5.74) is 0.864. The summed E-state index contributed by atoms with van der Waals surface area (Å²) >= 11 is 3.15. The first-order valence-electron chi connectivity index (χ1n) is 10.8. The van der Waals surface area contributed by atoms with E-state index >= 15 is 0 Å². The molecule has 33 heavy (non-hydrogen) atoms. The van der Waals surface area contributed by atoms with Crippen molar-refractivity contribution in [2.75, 3.05) is 40.3 Å². The maximum atomic E-state index is 12.7. The highest BCUT2D eigenvalue weighted by atomic mass is 32.2. The minimum atomic E-state index is -0.139. The van der Waals surface area contributed by atoms with Crippen LogP contribution in [0, 0.1) is 0 Å². The monoisotopic (exact) mass is 490 g/mol. The molecule has 3 aromatic rings. The number of thioether (sulfide) groups is 1. The van der Waals surface area contributed by atoms with Gasteiger partial charge >= 0.3 is 0 Å². The average Bonchev–Trinajstić information content (AvgIpc) is 3.19. The summed E-state index contributed by atoms with van der Waals surface area (Å²) in [5.74, 6) is 2.98. The topological polar surface area (TPSA) is 71.3 Å². The van der Waals surface area contributed by atoms with Gasteiger partial charge in [-0.25, -0.2) is 0 Å². The van der Waals surface area contributed by atoms with Crippen LogP contribution >= 0.6 is 23.1 Å².